The van der Waals surface area contributed by atoms with Crippen molar-refractivity contribution in [2.45, 2.75) is 94.6 Å². The fraction of sp³-hybridized carbons (Fsp3) is 0.964. The molecule has 0 aromatic carbocycles. The summed E-state index contributed by atoms with van der Waals surface area (Å²) >= 11 is 0. The van der Waals surface area contributed by atoms with Crippen molar-refractivity contribution in [3.63, 3.8) is 0 Å². The Hall–Kier alpha value is -0.920. The van der Waals surface area contributed by atoms with Crippen molar-refractivity contribution in [3.05, 3.63) is 0 Å². The Kier molecular flexibility index (Phi) is 10.8. The van der Waals surface area contributed by atoms with E-state index in [1.54, 1.807) is 0 Å². The minimum Gasteiger partial charge on any atom is -0.390 e. The zero-order valence-corrected chi connectivity index (χ0v) is 23.6. The maximum atomic E-state index is 15.0. The summed E-state index contributed by atoms with van der Waals surface area (Å²) in [4.78, 5) is 15.1. The van der Waals surface area contributed by atoms with Crippen molar-refractivity contribution in [1.82, 2.24) is 31.5 Å². The molecule has 10 nitrogen and oxygen atoms in total. The van der Waals surface area contributed by atoms with Crippen LogP contribution in [0.2, 0.25) is 0 Å². The fourth-order valence-electron chi connectivity index (χ4n) is 7.22. The number of fused-ring (bicyclic) bond motifs is 1. The summed E-state index contributed by atoms with van der Waals surface area (Å²) in [6.45, 7) is 8.38. The number of ether oxygens (including phenoxy) is 2. The number of hydrogen-bond donors (Lipinski definition) is 6. The van der Waals surface area contributed by atoms with Crippen molar-refractivity contribution < 1.29 is 23.8 Å². The number of nitrogens with one attached hydrogen (secondary N) is 5. The number of aliphatic hydroxyl groups is 1. The van der Waals surface area contributed by atoms with Crippen LogP contribution in [-0.2, 0) is 14.3 Å². The molecule has 1 amide bonds. The third kappa shape index (κ3) is 8.31. The summed E-state index contributed by atoms with van der Waals surface area (Å²) in [6.07, 6.45) is 4.41. The molecule has 9 unspecified atom stereocenters. The van der Waals surface area contributed by atoms with Crippen LogP contribution in [-0.4, -0.2) is 118 Å². The van der Waals surface area contributed by atoms with Gasteiger partial charge in [-0.15, -0.1) is 0 Å². The number of halogens is 1. The van der Waals surface area contributed by atoms with Crippen LogP contribution in [0.25, 0.3) is 0 Å². The molecule has 5 rings (SSSR count). The number of likely N-dealkylation sites (tertiary alicyclic amines) is 1. The highest BCUT2D eigenvalue weighted by Crippen LogP contribution is 2.39. The van der Waals surface area contributed by atoms with E-state index in [0.29, 0.717) is 38.3 Å². The summed E-state index contributed by atoms with van der Waals surface area (Å²) in [5, 5.41) is 27.5. The molecule has 10 atom stereocenters. The van der Waals surface area contributed by atoms with Gasteiger partial charge >= 0.3 is 0 Å². The van der Waals surface area contributed by atoms with Gasteiger partial charge in [0.25, 0.3) is 0 Å². The van der Waals surface area contributed by atoms with Gasteiger partial charge in [0.15, 0.2) is 0 Å². The van der Waals surface area contributed by atoms with Gasteiger partial charge in [0, 0.05) is 44.2 Å². The first-order chi connectivity index (χ1) is 18.9. The number of β-amino-alcohol motifs (C(OH)–C–C–N with tert-alkyl or cyclic N) is 1. The second kappa shape index (κ2) is 14.3. The van der Waals surface area contributed by atoms with E-state index in [-0.39, 0.29) is 48.7 Å². The Bertz CT molecular complexity index is 776. The van der Waals surface area contributed by atoms with Crippen molar-refractivity contribution in [2.24, 2.45) is 17.8 Å². The van der Waals surface area contributed by atoms with Crippen LogP contribution in [0.15, 0.2) is 0 Å². The van der Waals surface area contributed by atoms with Crippen molar-refractivity contribution in [2.75, 3.05) is 59.2 Å². The number of alkyl halides is 1. The van der Waals surface area contributed by atoms with Crippen LogP contribution in [0.4, 0.5) is 4.39 Å². The van der Waals surface area contributed by atoms with E-state index in [0.717, 1.165) is 58.4 Å². The zero-order chi connectivity index (χ0) is 27.2. The number of amides is 1. The molecule has 224 valence electrons. The molecule has 1 aliphatic carbocycles. The lowest BCUT2D eigenvalue weighted by molar-refractivity contribution is -0.126. The van der Waals surface area contributed by atoms with E-state index in [1.165, 1.54) is 12.8 Å². The number of carbonyl (C=O) groups is 1. The quantitative estimate of drug-likeness (QED) is 0.220. The maximum absolute atomic E-state index is 15.0. The molecule has 5 fully saturated rings. The minimum absolute atomic E-state index is 0.00859. The Morgan fingerprint density at radius 3 is 2.87 bits per heavy atom. The van der Waals surface area contributed by atoms with E-state index in [9.17, 15) is 9.90 Å². The largest absolute Gasteiger partial charge is 0.390 e. The summed E-state index contributed by atoms with van der Waals surface area (Å²) < 4.78 is 26.6. The predicted octanol–water partition coefficient (Wildman–Crippen LogP) is -0.0796. The van der Waals surface area contributed by atoms with E-state index in [1.807, 2.05) is 0 Å². The molecule has 0 aromatic heterocycles. The van der Waals surface area contributed by atoms with Gasteiger partial charge in [0.05, 0.1) is 37.8 Å². The monoisotopic (exact) mass is 554 g/mol. The molecule has 4 heterocycles. The van der Waals surface area contributed by atoms with Crippen LogP contribution >= 0.6 is 0 Å². The molecule has 0 spiro atoms. The summed E-state index contributed by atoms with van der Waals surface area (Å²) in [6, 6.07) is 0.684. The van der Waals surface area contributed by atoms with Gasteiger partial charge in [-0.05, 0) is 83.3 Å². The maximum Gasteiger partial charge on any atom is 0.223 e. The van der Waals surface area contributed by atoms with Gasteiger partial charge in [-0.3, -0.25) is 15.4 Å². The normalized spacial score (nSPS) is 40.6. The van der Waals surface area contributed by atoms with Gasteiger partial charge in [-0.2, -0.15) is 0 Å². The molecule has 4 aliphatic heterocycles. The lowest BCUT2D eigenvalue weighted by Crippen LogP contribution is -2.56. The predicted molar refractivity (Wildman–Crippen MR) is 147 cm³/mol. The Labute approximate surface area is 232 Å². The number of piperidine rings is 3. The van der Waals surface area contributed by atoms with E-state index in [2.05, 4.69) is 38.4 Å². The summed E-state index contributed by atoms with van der Waals surface area (Å²) in [5.74, 6) is 0.745. The minimum atomic E-state index is -0.960. The summed E-state index contributed by atoms with van der Waals surface area (Å²) in [5.41, 5.74) is 0. The van der Waals surface area contributed by atoms with Crippen LogP contribution in [0.1, 0.15) is 51.9 Å². The molecule has 0 bridgehead atoms. The Morgan fingerprint density at radius 1 is 1.18 bits per heavy atom. The smallest absolute Gasteiger partial charge is 0.223 e. The average Bonchev–Trinajstić information content (AvgIpc) is 3.35. The van der Waals surface area contributed by atoms with Crippen molar-refractivity contribution in [1.29, 1.82) is 0 Å². The third-order valence-corrected chi connectivity index (χ3v) is 9.67. The van der Waals surface area contributed by atoms with Crippen LogP contribution in [0.3, 0.4) is 0 Å². The van der Waals surface area contributed by atoms with Gasteiger partial charge < -0.3 is 35.4 Å². The van der Waals surface area contributed by atoms with Gasteiger partial charge in [-0.1, -0.05) is 0 Å². The molecule has 11 heteroatoms. The topological polar surface area (TPSA) is 119 Å². The van der Waals surface area contributed by atoms with E-state index < -0.39 is 12.3 Å². The molecule has 39 heavy (non-hydrogen) atoms. The third-order valence-electron chi connectivity index (χ3n) is 9.67. The highest BCUT2D eigenvalue weighted by Gasteiger charge is 2.41. The summed E-state index contributed by atoms with van der Waals surface area (Å²) in [7, 11) is 0. The number of rotatable bonds is 10. The number of nitrogens with zero attached hydrogens (tertiary/aromatic N) is 1. The van der Waals surface area contributed by atoms with Crippen molar-refractivity contribution in [3.8, 4) is 0 Å². The first kappa shape index (κ1) is 29.6. The number of hydrogen-bond acceptors (Lipinski definition) is 9. The van der Waals surface area contributed by atoms with Gasteiger partial charge in [-0.25, -0.2) is 4.39 Å². The first-order valence-corrected chi connectivity index (χ1v) is 15.4. The Balaban J connectivity index is 0.987. The lowest BCUT2D eigenvalue weighted by atomic mass is 9.73. The molecule has 5 aliphatic rings. The van der Waals surface area contributed by atoms with Crippen LogP contribution in [0.5, 0.6) is 0 Å². The van der Waals surface area contributed by atoms with E-state index in [4.69, 9.17) is 9.47 Å². The lowest BCUT2D eigenvalue weighted by Gasteiger charge is -2.45. The van der Waals surface area contributed by atoms with Crippen LogP contribution in [0, 0.1) is 17.8 Å². The molecule has 0 aromatic rings. The second-order valence-corrected chi connectivity index (χ2v) is 12.6. The molecule has 6 N–H and O–H groups in total. The van der Waals surface area contributed by atoms with E-state index >= 15 is 4.39 Å². The van der Waals surface area contributed by atoms with Gasteiger partial charge in [0.2, 0.25) is 5.91 Å². The molecule has 1 saturated carbocycles. The fourth-order valence-corrected chi connectivity index (χ4v) is 7.22. The SMILES string of the molecule is CC1NCOC1COC1CC2CCN(C[C@@H](O)CNC(=O)C3CCNC(NC4CCCNC4)C3)CC2CC1F. The zero-order valence-electron chi connectivity index (χ0n) is 23.6. The van der Waals surface area contributed by atoms with Crippen molar-refractivity contribution >= 4 is 5.91 Å². The average molecular weight is 555 g/mol. The Morgan fingerprint density at radius 2 is 2.08 bits per heavy atom. The molecular formula is C28H51FN6O4. The van der Waals surface area contributed by atoms with Crippen LogP contribution < -0.4 is 26.6 Å². The standard InChI is InChI=1S/C28H51FN6O4/c1-18-26(39-17-33-18)16-38-25-10-19-5-8-35(14-21(19)9-24(25)29)15-23(36)13-32-28(37)20-4-7-31-27(11-20)34-22-3-2-6-30-12-22/h18-27,30-31,33-34,36H,2-17H2,1H3,(H,32,37)/t18?,19?,20?,21?,22?,23-,24?,25?,26?,27?/m0/s1. The first-order valence-electron chi connectivity index (χ1n) is 15.4. The second-order valence-electron chi connectivity index (χ2n) is 12.6. The molecule has 0 radical (unpaired) electrons. The highest BCUT2D eigenvalue weighted by molar-refractivity contribution is 5.78. The number of carbonyl (C=O) groups excluding carboxylic acids is 1. The van der Waals surface area contributed by atoms with Gasteiger partial charge in [0.1, 0.15) is 6.17 Å². The number of aliphatic hydroxyl groups excluding tert-OH is 1. The molecule has 4 saturated heterocycles. The molecular weight excluding hydrogens is 503 g/mol. The highest BCUT2D eigenvalue weighted by atomic mass is 19.1.